The van der Waals surface area contributed by atoms with Gasteiger partial charge in [0.1, 0.15) is 5.56 Å². The van der Waals surface area contributed by atoms with Crippen molar-refractivity contribution in [3.8, 4) is 0 Å². The van der Waals surface area contributed by atoms with Gasteiger partial charge in [-0.25, -0.2) is 0 Å². The summed E-state index contributed by atoms with van der Waals surface area (Å²) < 4.78 is 1.35. The van der Waals surface area contributed by atoms with E-state index in [-0.39, 0.29) is 11.1 Å². The highest BCUT2D eigenvalue weighted by Gasteiger charge is 2.12. The van der Waals surface area contributed by atoms with Crippen LogP contribution in [0.1, 0.15) is 10.4 Å². The second kappa shape index (κ2) is 5.06. The number of anilines is 1. The van der Waals surface area contributed by atoms with Gasteiger partial charge in [0.15, 0.2) is 0 Å². The van der Waals surface area contributed by atoms with Gasteiger partial charge in [0.05, 0.1) is 10.7 Å². The number of rotatable bonds is 2. The lowest BCUT2D eigenvalue weighted by molar-refractivity contribution is 0.102. The van der Waals surface area contributed by atoms with Crippen LogP contribution in [0.25, 0.3) is 0 Å². The zero-order chi connectivity index (χ0) is 13.1. The Kier molecular flexibility index (Phi) is 3.48. The van der Waals surface area contributed by atoms with Crippen LogP contribution in [0, 0.1) is 0 Å². The highest BCUT2D eigenvalue weighted by Crippen LogP contribution is 2.20. The van der Waals surface area contributed by atoms with E-state index in [4.69, 9.17) is 11.6 Å². The smallest absolute Gasteiger partial charge is 0.263 e. The lowest BCUT2D eigenvalue weighted by Crippen LogP contribution is -2.27. The second-order valence-corrected chi connectivity index (χ2v) is 4.18. The minimum atomic E-state index is -0.468. The van der Waals surface area contributed by atoms with E-state index in [1.54, 1.807) is 43.6 Å². The number of benzene rings is 1. The molecule has 0 aliphatic carbocycles. The van der Waals surface area contributed by atoms with Gasteiger partial charge in [0.25, 0.3) is 11.5 Å². The summed E-state index contributed by atoms with van der Waals surface area (Å²) in [4.78, 5) is 23.7. The maximum absolute atomic E-state index is 12.0. The first kappa shape index (κ1) is 12.4. The number of amides is 1. The summed E-state index contributed by atoms with van der Waals surface area (Å²) in [7, 11) is 1.59. The highest BCUT2D eigenvalue weighted by molar-refractivity contribution is 6.33. The Bertz CT molecular complexity index is 649. The van der Waals surface area contributed by atoms with Gasteiger partial charge in [-0.05, 0) is 24.3 Å². The topological polar surface area (TPSA) is 51.1 Å². The number of nitrogens with one attached hydrogen (secondary N) is 1. The molecule has 0 atom stereocenters. The van der Waals surface area contributed by atoms with Crippen molar-refractivity contribution in [1.29, 1.82) is 0 Å². The van der Waals surface area contributed by atoms with Crippen molar-refractivity contribution in [3.05, 3.63) is 63.5 Å². The van der Waals surface area contributed by atoms with Crippen LogP contribution in [0.3, 0.4) is 0 Å². The lowest BCUT2D eigenvalue weighted by atomic mass is 10.2. The van der Waals surface area contributed by atoms with Crippen LogP contribution in [0.5, 0.6) is 0 Å². The number of nitrogens with zero attached hydrogens (tertiary/aromatic N) is 1. The Balaban J connectivity index is 2.31. The van der Waals surface area contributed by atoms with E-state index in [1.165, 1.54) is 10.6 Å². The molecule has 5 heteroatoms. The number of para-hydroxylation sites is 1. The Morgan fingerprint density at radius 2 is 1.94 bits per heavy atom. The van der Waals surface area contributed by atoms with E-state index >= 15 is 0 Å². The molecule has 4 nitrogen and oxygen atoms in total. The molecule has 0 aliphatic heterocycles. The molecule has 0 saturated heterocycles. The van der Waals surface area contributed by atoms with Gasteiger partial charge in [-0.1, -0.05) is 23.7 Å². The third-order valence-corrected chi connectivity index (χ3v) is 2.82. The molecular weight excluding hydrogens is 252 g/mol. The van der Waals surface area contributed by atoms with Crippen molar-refractivity contribution < 1.29 is 4.79 Å². The van der Waals surface area contributed by atoms with E-state index in [9.17, 15) is 9.59 Å². The number of aryl methyl sites for hydroxylation is 1. The number of pyridine rings is 1. The quantitative estimate of drug-likeness (QED) is 0.903. The summed E-state index contributed by atoms with van der Waals surface area (Å²) in [5.41, 5.74) is 0.219. The zero-order valence-electron chi connectivity index (χ0n) is 9.68. The van der Waals surface area contributed by atoms with Crippen LogP contribution < -0.4 is 10.9 Å². The Morgan fingerprint density at radius 3 is 2.67 bits per heavy atom. The molecule has 1 amide bonds. The molecule has 2 aromatic rings. The van der Waals surface area contributed by atoms with Crippen molar-refractivity contribution in [2.24, 2.45) is 7.05 Å². The van der Waals surface area contributed by atoms with Crippen LogP contribution in [0.2, 0.25) is 5.02 Å². The predicted octanol–water partition coefficient (Wildman–Crippen LogP) is 2.29. The van der Waals surface area contributed by atoms with Crippen molar-refractivity contribution in [1.82, 2.24) is 4.57 Å². The fourth-order valence-corrected chi connectivity index (χ4v) is 1.71. The molecule has 0 saturated carbocycles. The number of hydrogen-bond donors (Lipinski definition) is 1. The van der Waals surface area contributed by atoms with Crippen LogP contribution in [-0.2, 0) is 7.05 Å². The number of hydrogen-bond acceptors (Lipinski definition) is 2. The van der Waals surface area contributed by atoms with Crippen molar-refractivity contribution >= 4 is 23.2 Å². The van der Waals surface area contributed by atoms with Gasteiger partial charge in [-0.3, -0.25) is 9.59 Å². The lowest BCUT2D eigenvalue weighted by Gasteiger charge is -2.07. The second-order valence-electron chi connectivity index (χ2n) is 3.77. The average molecular weight is 263 g/mol. The molecule has 1 heterocycles. The SMILES string of the molecule is Cn1cccc(C(=O)Nc2ccccc2Cl)c1=O. The number of carbonyl (C=O) groups excluding carboxylic acids is 1. The van der Waals surface area contributed by atoms with Gasteiger partial charge in [-0.2, -0.15) is 0 Å². The molecule has 1 N–H and O–H groups in total. The number of carbonyl (C=O) groups is 1. The van der Waals surface area contributed by atoms with E-state index < -0.39 is 5.91 Å². The van der Waals surface area contributed by atoms with Gasteiger partial charge in [-0.15, -0.1) is 0 Å². The molecule has 92 valence electrons. The van der Waals surface area contributed by atoms with Gasteiger partial charge in [0, 0.05) is 13.2 Å². The molecule has 0 aliphatic rings. The molecular formula is C13H11ClN2O2. The number of halogens is 1. The molecule has 1 aromatic carbocycles. The molecule has 0 unspecified atom stereocenters. The minimum Gasteiger partial charge on any atom is -0.320 e. The Hall–Kier alpha value is -2.07. The highest BCUT2D eigenvalue weighted by atomic mass is 35.5. The number of aromatic nitrogens is 1. The monoisotopic (exact) mass is 262 g/mol. The summed E-state index contributed by atoms with van der Waals surface area (Å²) >= 11 is 5.93. The van der Waals surface area contributed by atoms with E-state index in [0.29, 0.717) is 10.7 Å². The minimum absolute atomic E-state index is 0.0833. The average Bonchev–Trinajstić information content (AvgIpc) is 2.35. The molecule has 0 bridgehead atoms. The van der Waals surface area contributed by atoms with E-state index in [0.717, 1.165) is 0 Å². The first-order chi connectivity index (χ1) is 8.59. The first-order valence-corrected chi connectivity index (χ1v) is 5.69. The van der Waals surface area contributed by atoms with Crippen LogP contribution in [0.4, 0.5) is 5.69 Å². The van der Waals surface area contributed by atoms with Gasteiger partial charge < -0.3 is 9.88 Å². The maximum atomic E-state index is 12.0. The predicted molar refractivity (Wildman–Crippen MR) is 71.1 cm³/mol. The fourth-order valence-electron chi connectivity index (χ4n) is 1.52. The molecule has 18 heavy (non-hydrogen) atoms. The van der Waals surface area contributed by atoms with Crippen molar-refractivity contribution in [3.63, 3.8) is 0 Å². The summed E-state index contributed by atoms with van der Waals surface area (Å²) in [6.45, 7) is 0. The molecule has 0 fully saturated rings. The fraction of sp³-hybridized carbons (Fsp3) is 0.0769. The van der Waals surface area contributed by atoms with Gasteiger partial charge >= 0.3 is 0 Å². The first-order valence-electron chi connectivity index (χ1n) is 5.31. The summed E-state index contributed by atoms with van der Waals surface area (Å²) in [5.74, 6) is -0.468. The van der Waals surface area contributed by atoms with Crippen LogP contribution in [-0.4, -0.2) is 10.5 Å². The Labute approximate surface area is 109 Å². The standard InChI is InChI=1S/C13H11ClN2O2/c1-16-8-4-5-9(13(16)18)12(17)15-11-7-3-2-6-10(11)14/h2-8H,1H3,(H,15,17). The van der Waals surface area contributed by atoms with Crippen molar-refractivity contribution in [2.45, 2.75) is 0 Å². The molecule has 1 aromatic heterocycles. The zero-order valence-corrected chi connectivity index (χ0v) is 10.4. The van der Waals surface area contributed by atoms with Crippen molar-refractivity contribution in [2.75, 3.05) is 5.32 Å². The third-order valence-electron chi connectivity index (χ3n) is 2.49. The van der Waals surface area contributed by atoms with E-state index in [1.807, 2.05) is 0 Å². The Morgan fingerprint density at radius 1 is 1.22 bits per heavy atom. The largest absolute Gasteiger partial charge is 0.320 e. The normalized spacial score (nSPS) is 10.1. The van der Waals surface area contributed by atoms with Crippen LogP contribution >= 0.6 is 11.6 Å². The van der Waals surface area contributed by atoms with Gasteiger partial charge in [0.2, 0.25) is 0 Å². The summed E-state index contributed by atoms with van der Waals surface area (Å²) in [6, 6.07) is 9.98. The van der Waals surface area contributed by atoms with E-state index in [2.05, 4.69) is 5.32 Å². The maximum Gasteiger partial charge on any atom is 0.263 e. The molecule has 0 radical (unpaired) electrons. The summed E-state index contributed by atoms with van der Waals surface area (Å²) in [5, 5.41) is 3.04. The van der Waals surface area contributed by atoms with Crippen LogP contribution in [0.15, 0.2) is 47.4 Å². The molecule has 2 rings (SSSR count). The third kappa shape index (κ3) is 2.43. The summed E-state index contributed by atoms with van der Waals surface area (Å²) in [6.07, 6.45) is 1.59. The molecule has 0 spiro atoms.